The van der Waals surface area contributed by atoms with E-state index < -0.39 is 30.0 Å². The fraction of sp³-hybridized carbons (Fsp3) is 0.400. The highest BCUT2D eigenvalue weighted by atomic mass is 16.5. The first-order valence-corrected chi connectivity index (χ1v) is 11.1. The van der Waals surface area contributed by atoms with Crippen molar-refractivity contribution in [3.63, 3.8) is 0 Å². The summed E-state index contributed by atoms with van der Waals surface area (Å²) < 4.78 is 5.27. The van der Waals surface area contributed by atoms with E-state index in [-0.39, 0.29) is 13.0 Å². The average molecular weight is 440 g/mol. The van der Waals surface area contributed by atoms with Gasteiger partial charge in [0.1, 0.15) is 18.7 Å². The van der Waals surface area contributed by atoms with Crippen molar-refractivity contribution in [3.8, 4) is 0 Å². The van der Waals surface area contributed by atoms with E-state index in [1.165, 1.54) is 0 Å². The van der Waals surface area contributed by atoms with Crippen molar-refractivity contribution >= 4 is 17.9 Å². The zero-order valence-electron chi connectivity index (χ0n) is 18.6. The van der Waals surface area contributed by atoms with Crippen LogP contribution in [0, 0.1) is 0 Å². The van der Waals surface area contributed by atoms with Gasteiger partial charge in [-0.1, -0.05) is 93.3 Å². The first-order valence-electron chi connectivity index (χ1n) is 11.1. The van der Waals surface area contributed by atoms with E-state index in [4.69, 9.17) is 10.5 Å². The molecule has 0 bridgehead atoms. The number of primary amides is 1. The zero-order chi connectivity index (χ0) is 23.2. The minimum atomic E-state index is -0.904. The monoisotopic (exact) mass is 439 g/mol. The van der Waals surface area contributed by atoms with Crippen LogP contribution < -0.4 is 16.4 Å². The van der Waals surface area contributed by atoms with Crippen LogP contribution in [0.4, 0.5) is 4.79 Å². The van der Waals surface area contributed by atoms with E-state index in [1.807, 2.05) is 60.7 Å². The lowest BCUT2D eigenvalue weighted by Gasteiger charge is -2.22. The third-order valence-corrected chi connectivity index (χ3v) is 5.11. The number of unbranched alkanes of at least 4 members (excludes halogenated alkanes) is 3. The molecule has 0 unspecified atom stereocenters. The van der Waals surface area contributed by atoms with E-state index in [0.717, 1.165) is 36.8 Å². The molecule has 0 aromatic heterocycles. The molecule has 2 aromatic rings. The van der Waals surface area contributed by atoms with Crippen LogP contribution in [0.25, 0.3) is 0 Å². The van der Waals surface area contributed by atoms with E-state index in [2.05, 4.69) is 17.6 Å². The number of amides is 3. The molecule has 7 heteroatoms. The highest BCUT2D eigenvalue weighted by molar-refractivity contribution is 5.90. The third-order valence-electron chi connectivity index (χ3n) is 5.11. The quantitative estimate of drug-likeness (QED) is 0.415. The molecular weight excluding hydrogens is 406 g/mol. The topological polar surface area (TPSA) is 111 Å². The molecule has 4 N–H and O–H groups in total. The zero-order valence-corrected chi connectivity index (χ0v) is 18.6. The summed E-state index contributed by atoms with van der Waals surface area (Å²) in [5, 5.41) is 5.34. The number of hydrogen-bond donors (Lipinski definition) is 3. The Morgan fingerprint density at radius 2 is 1.47 bits per heavy atom. The highest BCUT2D eigenvalue weighted by Crippen LogP contribution is 2.08. The fourth-order valence-electron chi connectivity index (χ4n) is 3.30. The lowest BCUT2D eigenvalue weighted by atomic mass is 10.0. The number of benzene rings is 2. The summed E-state index contributed by atoms with van der Waals surface area (Å²) in [6.45, 7) is 2.19. The van der Waals surface area contributed by atoms with Crippen molar-refractivity contribution in [1.29, 1.82) is 0 Å². The Balaban J connectivity index is 2.01. The summed E-state index contributed by atoms with van der Waals surface area (Å²) in [5.41, 5.74) is 7.21. The fourth-order valence-corrected chi connectivity index (χ4v) is 3.30. The molecule has 0 saturated heterocycles. The minimum Gasteiger partial charge on any atom is -0.445 e. The number of nitrogens with two attached hydrogens (primary N) is 1. The van der Waals surface area contributed by atoms with Gasteiger partial charge >= 0.3 is 6.09 Å². The van der Waals surface area contributed by atoms with Crippen LogP contribution in [0.3, 0.4) is 0 Å². The standard InChI is InChI=1S/C25H33N3O4/c1-2-3-4-11-16-21(23(26)29)27-24(30)22(17-19-12-7-5-8-13-19)28-25(31)32-18-20-14-9-6-10-15-20/h5-10,12-15,21-22H,2-4,11,16-18H2,1H3,(H2,26,29)(H,27,30)(H,28,31)/t21-,22-/m0/s1. The number of alkyl carbamates (subject to hydrolysis) is 1. The lowest BCUT2D eigenvalue weighted by molar-refractivity contribution is -0.128. The summed E-state index contributed by atoms with van der Waals surface area (Å²) in [6.07, 6.45) is 3.91. The van der Waals surface area contributed by atoms with Crippen molar-refractivity contribution in [3.05, 3.63) is 71.8 Å². The molecule has 7 nitrogen and oxygen atoms in total. The van der Waals surface area contributed by atoms with Crippen LogP contribution in [0.15, 0.2) is 60.7 Å². The maximum Gasteiger partial charge on any atom is 0.408 e. The number of ether oxygens (including phenoxy) is 1. The van der Waals surface area contributed by atoms with Gasteiger partial charge in [-0.05, 0) is 17.5 Å². The maximum atomic E-state index is 13.0. The molecule has 0 spiro atoms. The van der Waals surface area contributed by atoms with Gasteiger partial charge in [0.15, 0.2) is 0 Å². The van der Waals surface area contributed by atoms with Gasteiger partial charge in [-0.2, -0.15) is 0 Å². The Hall–Kier alpha value is -3.35. The van der Waals surface area contributed by atoms with Crippen LogP contribution >= 0.6 is 0 Å². The summed E-state index contributed by atoms with van der Waals surface area (Å²) in [4.78, 5) is 37.2. The number of carbonyl (C=O) groups excluding carboxylic acids is 3. The molecule has 0 saturated carbocycles. The lowest BCUT2D eigenvalue weighted by Crippen LogP contribution is -2.53. The second-order valence-corrected chi connectivity index (χ2v) is 7.76. The van der Waals surface area contributed by atoms with Crippen molar-refractivity contribution in [2.75, 3.05) is 0 Å². The molecule has 2 aromatic carbocycles. The van der Waals surface area contributed by atoms with Gasteiger partial charge in [0.2, 0.25) is 11.8 Å². The molecular formula is C25H33N3O4. The molecule has 172 valence electrons. The summed E-state index contributed by atoms with van der Waals surface area (Å²) in [7, 11) is 0. The molecule has 0 fully saturated rings. The molecule has 2 atom stereocenters. The van der Waals surface area contributed by atoms with Gasteiger partial charge in [0, 0.05) is 6.42 Å². The van der Waals surface area contributed by atoms with Crippen molar-refractivity contribution in [2.45, 2.75) is 64.1 Å². The summed E-state index contributed by atoms with van der Waals surface area (Å²) in [5.74, 6) is -1.05. The van der Waals surface area contributed by atoms with Gasteiger partial charge in [-0.3, -0.25) is 9.59 Å². The molecule has 32 heavy (non-hydrogen) atoms. The second kappa shape index (κ2) is 13.9. The molecule has 2 rings (SSSR count). The smallest absolute Gasteiger partial charge is 0.408 e. The Morgan fingerprint density at radius 1 is 0.844 bits per heavy atom. The van der Waals surface area contributed by atoms with Crippen molar-refractivity contribution in [2.24, 2.45) is 5.73 Å². The Bertz CT molecular complexity index is 843. The first-order chi connectivity index (χ1) is 15.5. The Labute approximate surface area is 189 Å². The number of carbonyl (C=O) groups is 3. The molecule has 0 aliphatic heterocycles. The third kappa shape index (κ3) is 9.20. The van der Waals surface area contributed by atoms with Crippen LogP contribution in [0.5, 0.6) is 0 Å². The predicted molar refractivity (Wildman–Crippen MR) is 124 cm³/mol. The van der Waals surface area contributed by atoms with E-state index in [9.17, 15) is 14.4 Å². The summed E-state index contributed by atoms with van der Waals surface area (Å²) in [6, 6.07) is 16.9. The van der Waals surface area contributed by atoms with Crippen molar-refractivity contribution in [1.82, 2.24) is 10.6 Å². The number of hydrogen-bond acceptors (Lipinski definition) is 4. The molecule has 3 amide bonds. The largest absolute Gasteiger partial charge is 0.445 e. The van der Waals surface area contributed by atoms with Gasteiger partial charge in [-0.15, -0.1) is 0 Å². The van der Waals surface area contributed by atoms with Crippen LogP contribution in [-0.2, 0) is 27.4 Å². The Morgan fingerprint density at radius 3 is 2.06 bits per heavy atom. The first kappa shape index (κ1) is 24.9. The SMILES string of the molecule is CCCCCC[C@H](NC(=O)[C@H](Cc1ccccc1)NC(=O)OCc1ccccc1)C(N)=O. The van der Waals surface area contributed by atoms with Crippen LogP contribution in [0.1, 0.15) is 50.2 Å². The maximum absolute atomic E-state index is 13.0. The summed E-state index contributed by atoms with van der Waals surface area (Å²) >= 11 is 0. The molecule has 0 radical (unpaired) electrons. The molecule has 0 heterocycles. The minimum absolute atomic E-state index is 0.0910. The number of nitrogens with one attached hydrogen (secondary N) is 2. The van der Waals surface area contributed by atoms with Crippen LogP contribution in [-0.4, -0.2) is 30.0 Å². The highest BCUT2D eigenvalue weighted by Gasteiger charge is 2.26. The second-order valence-electron chi connectivity index (χ2n) is 7.76. The predicted octanol–water partition coefficient (Wildman–Crippen LogP) is 3.46. The molecule has 0 aliphatic rings. The van der Waals surface area contributed by atoms with E-state index in [0.29, 0.717) is 6.42 Å². The molecule has 0 aliphatic carbocycles. The van der Waals surface area contributed by atoms with E-state index >= 15 is 0 Å². The number of rotatable bonds is 13. The van der Waals surface area contributed by atoms with Gasteiger partial charge < -0.3 is 21.1 Å². The van der Waals surface area contributed by atoms with Gasteiger partial charge in [0.05, 0.1) is 0 Å². The van der Waals surface area contributed by atoms with Gasteiger partial charge in [0.25, 0.3) is 0 Å². The average Bonchev–Trinajstić information content (AvgIpc) is 2.80. The van der Waals surface area contributed by atoms with Gasteiger partial charge in [-0.25, -0.2) is 4.79 Å². The van der Waals surface area contributed by atoms with Crippen LogP contribution in [0.2, 0.25) is 0 Å². The van der Waals surface area contributed by atoms with Crippen molar-refractivity contribution < 1.29 is 19.1 Å². The van der Waals surface area contributed by atoms with E-state index in [1.54, 1.807) is 0 Å². The Kier molecular flexibility index (Phi) is 10.8. The normalized spacial score (nSPS) is 12.4.